The van der Waals surface area contributed by atoms with Crippen LogP contribution in [0.25, 0.3) is 0 Å². The fraction of sp³-hybridized carbons (Fsp3) is 0.933. The molecule has 4 nitrogen and oxygen atoms in total. The van der Waals surface area contributed by atoms with Crippen LogP contribution in [0.5, 0.6) is 0 Å². The van der Waals surface area contributed by atoms with Crippen molar-refractivity contribution in [1.82, 2.24) is 10.6 Å². The second-order valence-corrected chi connectivity index (χ2v) is 7.06. The lowest BCUT2D eigenvalue weighted by atomic mass is 9.74. The molecule has 1 rings (SSSR count). The summed E-state index contributed by atoms with van der Waals surface area (Å²) in [5.41, 5.74) is -0.221. The van der Waals surface area contributed by atoms with E-state index < -0.39 is 0 Å². The van der Waals surface area contributed by atoms with Crippen molar-refractivity contribution in [2.75, 3.05) is 13.2 Å². The van der Waals surface area contributed by atoms with Gasteiger partial charge in [-0.1, -0.05) is 19.3 Å². The van der Waals surface area contributed by atoms with Crippen LogP contribution in [0.1, 0.15) is 59.8 Å². The van der Waals surface area contributed by atoms with Crippen LogP contribution in [0.4, 0.5) is 0 Å². The summed E-state index contributed by atoms with van der Waals surface area (Å²) in [6.07, 6.45) is 5.76. The van der Waals surface area contributed by atoms with Gasteiger partial charge in [-0.25, -0.2) is 0 Å². The third-order valence-electron chi connectivity index (χ3n) is 3.92. The Labute approximate surface area is 117 Å². The first-order chi connectivity index (χ1) is 8.78. The molecular weight excluding hydrogens is 240 g/mol. The predicted octanol–water partition coefficient (Wildman–Crippen LogP) is 1.82. The average molecular weight is 270 g/mol. The van der Waals surface area contributed by atoms with Crippen molar-refractivity contribution in [3.63, 3.8) is 0 Å². The van der Waals surface area contributed by atoms with E-state index >= 15 is 0 Å². The van der Waals surface area contributed by atoms with Gasteiger partial charge in [0.25, 0.3) is 0 Å². The predicted molar refractivity (Wildman–Crippen MR) is 78.0 cm³/mol. The van der Waals surface area contributed by atoms with Crippen LogP contribution in [0.2, 0.25) is 0 Å². The van der Waals surface area contributed by atoms with Crippen LogP contribution in [-0.4, -0.2) is 35.7 Å². The van der Waals surface area contributed by atoms with E-state index in [1.54, 1.807) is 0 Å². The summed E-state index contributed by atoms with van der Waals surface area (Å²) in [7, 11) is 0. The van der Waals surface area contributed by atoms with Crippen LogP contribution in [-0.2, 0) is 4.79 Å². The Bertz CT molecular complexity index is 291. The minimum atomic E-state index is -0.218. The Morgan fingerprint density at radius 3 is 2.32 bits per heavy atom. The van der Waals surface area contributed by atoms with Gasteiger partial charge < -0.3 is 15.7 Å². The Morgan fingerprint density at radius 2 is 1.84 bits per heavy atom. The van der Waals surface area contributed by atoms with Crippen LogP contribution in [0.3, 0.4) is 0 Å². The van der Waals surface area contributed by atoms with Gasteiger partial charge >= 0.3 is 0 Å². The zero-order valence-corrected chi connectivity index (χ0v) is 12.9. The Balaban J connectivity index is 2.43. The molecule has 1 atom stereocenters. The number of aliphatic hydroxyl groups is 1. The van der Waals surface area contributed by atoms with Gasteiger partial charge in [0.15, 0.2) is 0 Å². The van der Waals surface area contributed by atoms with E-state index in [4.69, 9.17) is 0 Å². The quantitative estimate of drug-likeness (QED) is 0.714. The molecule has 0 spiro atoms. The molecule has 0 aliphatic heterocycles. The molecule has 1 amide bonds. The minimum Gasteiger partial charge on any atom is -0.396 e. The van der Waals surface area contributed by atoms with Gasteiger partial charge in [0, 0.05) is 24.1 Å². The van der Waals surface area contributed by atoms with E-state index in [0.29, 0.717) is 0 Å². The topological polar surface area (TPSA) is 61.4 Å². The minimum absolute atomic E-state index is 0.0193. The van der Waals surface area contributed by atoms with Crippen molar-refractivity contribution in [1.29, 1.82) is 0 Å². The number of aliphatic hydroxyl groups excluding tert-OH is 1. The molecule has 1 fully saturated rings. The molecule has 0 aromatic carbocycles. The first-order valence-electron chi connectivity index (χ1n) is 7.44. The molecule has 0 bridgehead atoms. The molecule has 19 heavy (non-hydrogen) atoms. The fourth-order valence-electron chi connectivity index (χ4n) is 2.63. The van der Waals surface area contributed by atoms with E-state index in [-0.39, 0.29) is 29.5 Å². The third-order valence-corrected chi connectivity index (χ3v) is 3.92. The molecule has 0 aromatic heterocycles. The van der Waals surface area contributed by atoms with E-state index in [1.165, 1.54) is 19.3 Å². The number of rotatable bonds is 5. The van der Waals surface area contributed by atoms with Crippen molar-refractivity contribution < 1.29 is 9.90 Å². The molecule has 1 unspecified atom stereocenters. The van der Waals surface area contributed by atoms with E-state index in [0.717, 1.165) is 19.4 Å². The highest BCUT2D eigenvalue weighted by Gasteiger charge is 2.32. The van der Waals surface area contributed by atoms with Crippen molar-refractivity contribution in [2.24, 2.45) is 5.41 Å². The molecule has 0 radical (unpaired) electrons. The fourth-order valence-corrected chi connectivity index (χ4v) is 2.63. The highest BCUT2D eigenvalue weighted by atomic mass is 16.3. The number of carbonyl (C=O) groups excluding carboxylic acids is 1. The second kappa shape index (κ2) is 6.71. The van der Waals surface area contributed by atoms with E-state index in [1.807, 2.05) is 27.7 Å². The number of nitrogens with one attached hydrogen (secondary N) is 2. The first-order valence-corrected chi connectivity index (χ1v) is 7.44. The highest BCUT2D eigenvalue weighted by molar-refractivity contribution is 5.81. The van der Waals surface area contributed by atoms with Crippen LogP contribution >= 0.6 is 0 Å². The number of hydrogen-bond acceptors (Lipinski definition) is 3. The van der Waals surface area contributed by atoms with Gasteiger partial charge in [0.2, 0.25) is 5.91 Å². The average Bonchev–Trinajstić information content (AvgIpc) is 2.35. The van der Waals surface area contributed by atoms with Gasteiger partial charge in [-0.05, 0) is 40.5 Å². The lowest BCUT2D eigenvalue weighted by molar-refractivity contribution is -0.124. The summed E-state index contributed by atoms with van der Waals surface area (Å²) in [5, 5.41) is 15.9. The van der Waals surface area contributed by atoms with Crippen molar-refractivity contribution in [3.05, 3.63) is 0 Å². The molecule has 0 saturated heterocycles. The van der Waals surface area contributed by atoms with Gasteiger partial charge in [0.1, 0.15) is 0 Å². The van der Waals surface area contributed by atoms with Crippen molar-refractivity contribution in [2.45, 2.75) is 71.4 Å². The molecule has 3 N–H and O–H groups in total. The molecule has 0 heterocycles. The Hall–Kier alpha value is -0.610. The largest absolute Gasteiger partial charge is 0.396 e. The van der Waals surface area contributed by atoms with Gasteiger partial charge in [0.05, 0.1) is 6.04 Å². The standard InChI is InChI=1S/C15H30N2O2/c1-12(13(19)17-14(2,3)4)16-10-15(11-18)8-6-5-7-9-15/h12,16,18H,5-11H2,1-4H3,(H,17,19). The molecule has 112 valence electrons. The SMILES string of the molecule is CC(NCC1(CO)CCCCC1)C(=O)NC(C)(C)C. The van der Waals surface area contributed by atoms with Crippen molar-refractivity contribution >= 4 is 5.91 Å². The van der Waals surface area contributed by atoms with E-state index in [9.17, 15) is 9.90 Å². The maximum absolute atomic E-state index is 12.0. The molecule has 1 saturated carbocycles. The monoisotopic (exact) mass is 270 g/mol. The van der Waals surface area contributed by atoms with Gasteiger partial charge in [-0.2, -0.15) is 0 Å². The van der Waals surface area contributed by atoms with Gasteiger partial charge in [-0.3, -0.25) is 4.79 Å². The lowest BCUT2D eigenvalue weighted by Gasteiger charge is -2.36. The molecular formula is C15H30N2O2. The zero-order chi connectivity index (χ0) is 14.5. The second-order valence-electron chi connectivity index (χ2n) is 7.06. The first kappa shape index (κ1) is 16.4. The molecule has 4 heteroatoms. The summed E-state index contributed by atoms with van der Waals surface area (Å²) in [4.78, 5) is 12.0. The maximum atomic E-state index is 12.0. The molecule has 1 aliphatic carbocycles. The smallest absolute Gasteiger partial charge is 0.237 e. The van der Waals surface area contributed by atoms with Crippen LogP contribution in [0, 0.1) is 5.41 Å². The summed E-state index contributed by atoms with van der Waals surface area (Å²) >= 11 is 0. The third kappa shape index (κ3) is 5.49. The Kier molecular flexibility index (Phi) is 5.81. The number of hydrogen-bond donors (Lipinski definition) is 3. The number of amides is 1. The number of carbonyl (C=O) groups is 1. The summed E-state index contributed by atoms with van der Waals surface area (Å²) < 4.78 is 0. The van der Waals surface area contributed by atoms with Crippen LogP contribution in [0.15, 0.2) is 0 Å². The Morgan fingerprint density at radius 1 is 1.26 bits per heavy atom. The van der Waals surface area contributed by atoms with Crippen LogP contribution < -0.4 is 10.6 Å². The van der Waals surface area contributed by atoms with Crippen molar-refractivity contribution in [3.8, 4) is 0 Å². The normalized spacial score (nSPS) is 20.9. The molecule has 1 aliphatic rings. The maximum Gasteiger partial charge on any atom is 0.237 e. The summed E-state index contributed by atoms with van der Waals surface area (Å²) in [5.74, 6) is 0.0244. The summed E-state index contributed by atoms with van der Waals surface area (Å²) in [6, 6.07) is -0.218. The summed E-state index contributed by atoms with van der Waals surface area (Å²) in [6.45, 7) is 8.76. The van der Waals surface area contributed by atoms with Gasteiger partial charge in [-0.15, -0.1) is 0 Å². The highest BCUT2D eigenvalue weighted by Crippen LogP contribution is 2.35. The molecule has 0 aromatic rings. The lowest BCUT2D eigenvalue weighted by Crippen LogP contribution is -2.52. The zero-order valence-electron chi connectivity index (χ0n) is 12.9. The van der Waals surface area contributed by atoms with E-state index in [2.05, 4.69) is 10.6 Å².